The average molecular weight is 437 g/mol. The number of nitrogens with zero attached hydrogens (tertiary/aromatic N) is 3. The molecule has 4 aromatic rings. The van der Waals surface area contributed by atoms with Gasteiger partial charge in [0.05, 0.1) is 11.3 Å². The van der Waals surface area contributed by atoms with Crippen LogP contribution in [0.15, 0.2) is 64.9 Å². The molecule has 30 heavy (non-hydrogen) atoms. The zero-order valence-corrected chi connectivity index (χ0v) is 17.8. The lowest BCUT2D eigenvalue weighted by Gasteiger charge is -2.08. The Labute approximate surface area is 181 Å². The van der Waals surface area contributed by atoms with Gasteiger partial charge in [0, 0.05) is 34.0 Å². The second kappa shape index (κ2) is 8.22. The largest absolute Gasteiger partial charge is 0.298 e. The van der Waals surface area contributed by atoms with Crippen LogP contribution < -0.4 is 10.9 Å². The molecule has 3 aromatic heterocycles. The minimum atomic E-state index is -0.355. The number of hydrogen-bond donors (Lipinski definition) is 1. The zero-order chi connectivity index (χ0) is 21.3. The molecule has 0 aliphatic rings. The molecular weight excluding hydrogens is 420 g/mol. The molecule has 6 nitrogen and oxygen atoms in total. The number of anilines is 1. The van der Waals surface area contributed by atoms with Crippen LogP contribution in [0.1, 0.15) is 21.6 Å². The van der Waals surface area contributed by atoms with Crippen LogP contribution in [0.25, 0.3) is 17.1 Å². The number of halogens is 1. The van der Waals surface area contributed by atoms with Crippen LogP contribution in [0.2, 0.25) is 5.02 Å². The molecule has 0 saturated heterocycles. The van der Waals surface area contributed by atoms with E-state index in [1.54, 1.807) is 24.3 Å². The van der Waals surface area contributed by atoms with Gasteiger partial charge in [-0.15, -0.1) is 11.3 Å². The van der Waals surface area contributed by atoms with Crippen molar-refractivity contribution in [2.45, 2.75) is 13.8 Å². The number of benzene rings is 1. The molecule has 150 valence electrons. The maximum Gasteiger partial charge on any atom is 0.258 e. The lowest BCUT2D eigenvalue weighted by molar-refractivity contribution is 0.102. The summed E-state index contributed by atoms with van der Waals surface area (Å²) >= 11 is 7.23. The summed E-state index contributed by atoms with van der Waals surface area (Å²) in [4.78, 5) is 33.9. The van der Waals surface area contributed by atoms with E-state index < -0.39 is 0 Å². The lowest BCUT2D eigenvalue weighted by atomic mass is 10.2. The maximum atomic E-state index is 12.7. The van der Waals surface area contributed by atoms with Crippen LogP contribution in [0.4, 0.5) is 5.13 Å². The van der Waals surface area contributed by atoms with Crippen molar-refractivity contribution in [3.05, 3.63) is 92.3 Å². The molecule has 0 spiro atoms. The molecular formula is C22H17ClN4O2S. The third kappa shape index (κ3) is 4.17. The average Bonchev–Trinajstić information content (AvgIpc) is 3.19. The number of aromatic nitrogens is 3. The van der Waals surface area contributed by atoms with Crippen molar-refractivity contribution in [2.75, 3.05) is 5.32 Å². The van der Waals surface area contributed by atoms with Crippen LogP contribution in [0.3, 0.4) is 0 Å². The summed E-state index contributed by atoms with van der Waals surface area (Å²) < 4.78 is 1.40. The fourth-order valence-corrected chi connectivity index (χ4v) is 3.64. The molecule has 0 saturated carbocycles. The Bertz CT molecular complexity index is 1300. The first-order chi connectivity index (χ1) is 14.4. The second-order valence-electron chi connectivity index (χ2n) is 6.69. The van der Waals surface area contributed by atoms with E-state index in [9.17, 15) is 9.59 Å². The number of aryl methyl sites for hydroxylation is 2. The molecule has 1 aromatic carbocycles. The van der Waals surface area contributed by atoms with Crippen molar-refractivity contribution in [1.29, 1.82) is 0 Å². The standard InChI is InChI=1S/C22H17ClN4O2S/c1-13-3-9-18(24-14(13)2)19-12-30-22(25-19)26-21(29)15-4-10-20(28)27(11-15)17-7-5-16(23)6-8-17/h3-12H,1-2H3,(H,25,26,29). The summed E-state index contributed by atoms with van der Waals surface area (Å²) in [5.74, 6) is -0.355. The molecule has 0 aliphatic heterocycles. The van der Waals surface area contributed by atoms with Gasteiger partial charge in [-0.2, -0.15) is 0 Å². The van der Waals surface area contributed by atoms with Crippen molar-refractivity contribution in [1.82, 2.24) is 14.5 Å². The molecule has 0 fully saturated rings. The minimum absolute atomic E-state index is 0.244. The highest BCUT2D eigenvalue weighted by molar-refractivity contribution is 7.14. The Morgan fingerprint density at radius 3 is 2.50 bits per heavy atom. The van der Waals surface area contributed by atoms with E-state index in [1.165, 1.54) is 34.2 Å². The molecule has 1 N–H and O–H groups in total. The molecule has 8 heteroatoms. The van der Waals surface area contributed by atoms with Gasteiger partial charge in [-0.3, -0.25) is 24.5 Å². The molecule has 0 atom stereocenters. The molecule has 0 radical (unpaired) electrons. The highest BCUT2D eigenvalue weighted by atomic mass is 35.5. The van der Waals surface area contributed by atoms with E-state index in [1.807, 2.05) is 31.4 Å². The van der Waals surface area contributed by atoms with Crippen LogP contribution in [-0.4, -0.2) is 20.4 Å². The Balaban J connectivity index is 1.57. The van der Waals surface area contributed by atoms with Gasteiger partial charge in [0.1, 0.15) is 5.69 Å². The minimum Gasteiger partial charge on any atom is -0.298 e. The van der Waals surface area contributed by atoms with Gasteiger partial charge < -0.3 is 0 Å². The first kappa shape index (κ1) is 20.0. The van der Waals surface area contributed by atoms with E-state index in [2.05, 4.69) is 15.3 Å². The third-order valence-electron chi connectivity index (χ3n) is 4.62. The predicted octanol–water partition coefficient (Wildman–Crippen LogP) is 4.88. The lowest BCUT2D eigenvalue weighted by Crippen LogP contribution is -2.20. The van der Waals surface area contributed by atoms with E-state index >= 15 is 0 Å². The van der Waals surface area contributed by atoms with Crippen LogP contribution in [0.5, 0.6) is 0 Å². The van der Waals surface area contributed by atoms with Crippen molar-refractivity contribution < 1.29 is 4.79 Å². The van der Waals surface area contributed by atoms with Crippen molar-refractivity contribution in [3.8, 4) is 17.1 Å². The van der Waals surface area contributed by atoms with Crippen LogP contribution >= 0.6 is 22.9 Å². The highest BCUT2D eigenvalue weighted by Crippen LogP contribution is 2.24. The first-order valence-electron chi connectivity index (χ1n) is 9.11. The summed E-state index contributed by atoms with van der Waals surface area (Å²) in [6, 6.07) is 13.6. The Morgan fingerprint density at radius 2 is 1.77 bits per heavy atom. The van der Waals surface area contributed by atoms with E-state index in [0.29, 0.717) is 27.1 Å². The summed E-state index contributed by atoms with van der Waals surface area (Å²) in [5, 5.41) is 5.66. The van der Waals surface area contributed by atoms with Gasteiger partial charge >= 0.3 is 0 Å². The van der Waals surface area contributed by atoms with E-state index in [0.717, 1.165) is 17.0 Å². The quantitative estimate of drug-likeness (QED) is 0.494. The van der Waals surface area contributed by atoms with Crippen molar-refractivity contribution in [2.24, 2.45) is 0 Å². The van der Waals surface area contributed by atoms with Gasteiger partial charge in [-0.1, -0.05) is 17.7 Å². The van der Waals surface area contributed by atoms with Crippen LogP contribution in [0, 0.1) is 13.8 Å². The van der Waals surface area contributed by atoms with Crippen LogP contribution in [-0.2, 0) is 0 Å². The van der Waals surface area contributed by atoms with Gasteiger partial charge in [0.15, 0.2) is 5.13 Å². The number of pyridine rings is 2. The van der Waals surface area contributed by atoms with Gasteiger partial charge in [0.25, 0.3) is 11.5 Å². The van der Waals surface area contributed by atoms with Crippen molar-refractivity contribution in [3.63, 3.8) is 0 Å². The number of hydrogen-bond acceptors (Lipinski definition) is 5. The van der Waals surface area contributed by atoms with Gasteiger partial charge in [-0.25, -0.2) is 4.98 Å². The third-order valence-corrected chi connectivity index (χ3v) is 5.62. The molecule has 0 unspecified atom stereocenters. The monoisotopic (exact) mass is 436 g/mol. The summed E-state index contributed by atoms with van der Waals surface area (Å²) in [6.07, 6.45) is 1.50. The molecule has 3 heterocycles. The normalized spacial score (nSPS) is 10.8. The molecule has 0 bridgehead atoms. The molecule has 4 rings (SSSR count). The SMILES string of the molecule is Cc1ccc(-c2csc(NC(=O)c3ccc(=O)n(-c4ccc(Cl)cc4)c3)n2)nc1C. The smallest absolute Gasteiger partial charge is 0.258 e. The number of amides is 1. The Morgan fingerprint density at radius 1 is 1.00 bits per heavy atom. The fourth-order valence-electron chi connectivity index (χ4n) is 2.82. The summed E-state index contributed by atoms with van der Waals surface area (Å²) in [6.45, 7) is 3.95. The summed E-state index contributed by atoms with van der Waals surface area (Å²) in [5.41, 5.74) is 4.22. The highest BCUT2D eigenvalue weighted by Gasteiger charge is 2.13. The Hall–Kier alpha value is -3.29. The van der Waals surface area contributed by atoms with E-state index in [4.69, 9.17) is 11.6 Å². The number of carbonyl (C=O) groups excluding carboxylic acids is 1. The van der Waals surface area contributed by atoms with Gasteiger partial charge in [0.2, 0.25) is 0 Å². The predicted molar refractivity (Wildman–Crippen MR) is 120 cm³/mol. The fraction of sp³-hybridized carbons (Fsp3) is 0.0909. The van der Waals surface area contributed by atoms with Gasteiger partial charge in [-0.05, 0) is 55.8 Å². The van der Waals surface area contributed by atoms with Crippen molar-refractivity contribution >= 4 is 34.0 Å². The summed E-state index contributed by atoms with van der Waals surface area (Å²) in [7, 11) is 0. The Kier molecular flexibility index (Phi) is 5.48. The number of nitrogens with one attached hydrogen (secondary N) is 1. The maximum absolute atomic E-state index is 12.7. The second-order valence-corrected chi connectivity index (χ2v) is 7.99. The molecule has 0 aliphatic carbocycles. The first-order valence-corrected chi connectivity index (χ1v) is 10.4. The zero-order valence-electron chi connectivity index (χ0n) is 16.2. The molecule has 1 amide bonds. The van der Waals surface area contributed by atoms with E-state index in [-0.39, 0.29) is 11.5 Å². The number of thiazole rings is 1. The number of rotatable bonds is 4. The topological polar surface area (TPSA) is 76.9 Å². The number of carbonyl (C=O) groups is 1.